The summed E-state index contributed by atoms with van der Waals surface area (Å²) in [6.45, 7) is 11.7. The standard InChI is InChI=1S/C17H31OSSi.BrH/c1-16(2)14-8-9-17(16,15(18)12-14)13-19(3)10-7-11-20(4,5)6;/h14-15,18H,8-10,12-13H2,1-6H3;1H/q+1;/p-1/t14-,15-,17-,19?;/m1./s1. The van der Waals surface area contributed by atoms with Gasteiger partial charge in [0.15, 0.2) is 5.75 Å². The minimum atomic E-state index is -1.23. The Balaban J connectivity index is 0.00000220. The van der Waals surface area contributed by atoms with Crippen molar-refractivity contribution < 1.29 is 22.1 Å². The second kappa shape index (κ2) is 6.59. The lowest BCUT2D eigenvalue weighted by Crippen LogP contribution is -3.00. The van der Waals surface area contributed by atoms with Gasteiger partial charge in [-0.2, -0.15) is 0 Å². The number of rotatable bonds is 3. The molecule has 2 fully saturated rings. The van der Waals surface area contributed by atoms with Crippen molar-refractivity contribution in [3.8, 4) is 11.5 Å². The zero-order valence-corrected chi connectivity index (χ0v) is 17.8. The Hall–Kier alpha value is 0.567. The Morgan fingerprint density at radius 2 is 1.90 bits per heavy atom. The summed E-state index contributed by atoms with van der Waals surface area (Å²) in [7, 11) is -0.921. The van der Waals surface area contributed by atoms with Gasteiger partial charge in [0.1, 0.15) is 13.8 Å². The maximum atomic E-state index is 10.6. The molecule has 1 unspecified atom stereocenters. The fraction of sp³-hybridized carbons (Fsp3) is 0.882. The van der Waals surface area contributed by atoms with Crippen LogP contribution < -0.4 is 17.0 Å². The third-order valence-electron chi connectivity index (χ3n) is 5.67. The molecule has 2 bridgehead atoms. The van der Waals surface area contributed by atoms with E-state index in [4.69, 9.17) is 0 Å². The first-order chi connectivity index (χ1) is 9.08. The molecule has 4 heteroatoms. The van der Waals surface area contributed by atoms with Crippen LogP contribution in [0.25, 0.3) is 0 Å². The fourth-order valence-electron chi connectivity index (χ4n) is 4.29. The summed E-state index contributed by atoms with van der Waals surface area (Å²) < 4.78 is 0. The summed E-state index contributed by atoms with van der Waals surface area (Å²) in [5.74, 6) is 6.38. The minimum Gasteiger partial charge on any atom is -1.00 e. The average molecular weight is 391 g/mol. The van der Waals surface area contributed by atoms with Crippen LogP contribution in [0.3, 0.4) is 0 Å². The highest BCUT2D eigenvalue weighted by Gasteiger charge is 2.65. The summed E-state index contributed by atoms with van der Waals surface area (Å²) in [5, 5.41) is 10.6. The van der Waals surface area contributed by atoms with E-state index in [-0.39, 0.29) is 28.5 Å². The molecule has 2 aliphatic rings. The molecule has 1 N–H and O–H groups in total. The molecule has 4 atom stereocenters. The number of aliphatic hydroxyl groups excluding tert-OH is 1. The number of hydrogen-bond acceptors (Lipinski definition) is 1. The van der Waals surface area contributed by atoms with Crippen LogP contribution in [0.1, 0.15) is 33.1 Å². The van der Waals surface area contributed by atoms with E-state index in [0.29, 0.717) is 16.3 Å². The summed E-state index contributed by atoms with van der Waals surface area (Å²) in [4.78, 5) is 0. The van der Waals surface area contributed by atoms with Gasteiger partial charge in [-0.1, -0.05) is 39.4 Å². The van der Waals surface area contributed by atoms with E-state index in [1.807, 2.05) is 0 Å². The van der Waals surface area contributed by atoms with Crippen LogP contribution in [0.5, 0.6) is 0 Å². The Bertz CT molecular complexity index is 434. The predicted octanol–water partition coefficient (Wildman–Crippen LogP) is 0.307. The maximum Gasteiger partial charge on any atom is 0.167 e. The van der Waals surface area contributed by atoms with Crippen molar-refractivity contribution in [2.75, 3.05) is 17.8 Å². The molecule has 0 heterocycles. The molecule has 0 amide bonds. The molecule has 0 radical (unpaired) electrons. The first-order valence-electron chi connectivity index (χ1n) is 7.86. The van der Waals surface area contributed by atoms with Crippen molar-refractivity contribution in [3.63, 3.8) is 0 Å². The zero-order valence-electron chi connectivity index (χ0n) is 14.4. The number of fused-ring (bicyclic) bond motifs is 2. The van der Waals surface area contributed by atoms with Crippen molar-refractivity contribution in [2.45, 2.75) is 58.9 Å². The van der Waals surface area contributed by atoms with E-state index < -0.39 is 8.07 Å². The number of halogens is 1. The van der Waals surface area contributed by atoms with Crippen molar-refractivity contribution in [2.24, 2.45) is 16.7 Å². The van der Waals surface area contributed by atoms with Crippen molar-refractivity contribution in [1.82, 2.24) is 0 Å². The van der Waals surface area contributed by atoms with Gasteiger partial charge in [0.2, 0.25) is 0 Å². The van der Waals surface area contributed by atoms with Gasteiger partial charge in [0.05, 0.1) is 12.4 Å². The lowest BCUT2D eigenvalue weighted by atomic mass is 9.70. The highest BCUT2D eigenvalue weighted by molar-refractivity contribution is 7.96. The van der Waals surface area contributed by atoms with Gasteiger partial charge in [-0.05, 0) is 41.5 Å². The number of aliphatic hydroxyl groups is 1. The molecule has 0 aromatic heterocycles. The topological polar surface area (TPSA) is 20.2 Å². The fourth-order valence-corrected chi connectivity index (χ4v) is 7.05. The smallest absolute Gasteiger partial charge is 0.167 e. The molecule has 0 aromatic carbocycles. The molecule has 122 valence electrons. The largest absolute Gasteiger partial charge is 1.00 e. The normalized spacial score (nSPS) is 34.8. The quantitative estimate of drug-likeness (QED) is 0.417. The minimum absolute atomic E-state index is 0. The molecular weight excluding hydrogens is 360 g/mol. The van der Waals surface area contributed by atoms with E-state index >= 15 is 0 Å². The SMILES string of the molecule is C[S+](CC#C[Si](C)(C)C)C[C@]12CC[C@H](C[C@H]1O)C2(C)C.[Br-]. The maximum absolute atomic E-state index is 10.6. The summed E-state index contributed by atoms with van der Waals surface area (Å²) in [6, 6.07) is 0. The molecule has 2 aliphatic carbocycles. The Kier molecular flexibility index (Phi) is 6.15. The van der Waals surface area contributed by atoms with Gasteiger partial charge < -0.3 is 22.1 Å². The molecule has 1 nitrogen and oxygen atoms in total. The molecule has 0 aromatic rings. The first kappa shape index (κ1) is 19.6. The Morgan fingerprint density at radius 3 is 2.33 bits per heavy atom. The highest BCUT2D eigenvalue weighted by atomic mass is 79.9. The lowest BCUT2D eigenvalue weighted by Gasteiger charge is -2.38. The van der Waals surface area contributed by atoms with Crippen LogP contribution in [0.4, 0.5) is 0 Å². The first-order valence-corrected chi connectivity index (χ1v) is 13.3. The summed E-state index contributed by atoms with van der Waals surface area (Å²) in [6.07, 6.45) is 5.86. The summed E-state index contributed by atoms with van der Waals surface area (Å²) in [5.41, 5.74) is 3.98. The van der Waals surface area contributed by atoms with E-state index in [1.54, 1.807) is 0 Å². The van der Waals surface area contributed by atoms with Crippen LogP contribution in [0.15, 0.2) is 0 Å². The van der Waals surface area contributed by atoms with E-state index in [1.165, 1.54) is 18.6 Å². The molecule has 21 heavy (non-hydrogen) atoms. The second-order valence-corrected chi connectivity index (χ2v) is 15.4. The molecule has 2 rings (SSSR count). The predicted molar refractivity (Wildman–Crippen MR) is 93.7 cm³/mol. The Morgan fingerprint density at radius 1 is 1.29 bits per heavy atom. The Labute approximate surface area is 145 Å². The number of hydrogen-bond donors (Lipinski definition) is 1. The third-order valence-corrected chi connectivity index (χ3v) is 8.25. The van der Waals surface area contributed by atoms with Gasteiger partial charge in [-0.25, -0.2) is 0 Å². The zero-order chi connectivity index (χ0) is 15.2. The molecular formula is C17H31BrOSSi. The lowest BCUT2D eigenvalue weighted by molar-refractivity contribution is -0.0000148. The van der Waals surface area contributed by atoms with Crippen LogP contribution in [-0.2, 0) is 10.9 Å². The van der Waals surface area contributed by atoms with Gasteiger partial charge in [-0.15, -0.1) is 5.54 Å². The van der Waals surface area contributed by atoms with Gasteiger partial charge in [0, 0.05) is 5.41 Å². The van der Waals surface area contributed by atoms with Crippen molar-refractivity contribution in [3.05, 3.63) is 0 Å². The van der Waals surface area contributed by atoms with E-state index in [2.05, 4.69) is 51.2 Å². The second-order valence-electron chi connectivity index (χ2n) is 8.49. The monoisotopic (exact) mass is 390 g/mol. The van der Waals surface area contributed by atoms with Crippen molar-refractivity contribution >= 4 is 19.0 Å². The van der Waals surface area contributed by atoms with Gasteiger partial charge in [0.25, 0.3) is 0 Å². The summed E-state index contributed by atoms with van der Waals surface area (Å²) >= 11 is 0. The van der Waals surface area contributed by atoms with Crippen LogP contribution in [0, 0.1) is 28.2 Å². The van der Waals surface area contributed by atoms with Crippen molar-refractivity contribution in [1.29, 1.82) is 0 Å². The van der Waals surface area contributed by atoms with E-state index in [9.17, 15) is 5.11 Å². The molecule has 0 aliphatic heterocycles. The molecule has 0 spiro atoms. The average Bonchev–Trinajstić information content (AvgIpc) is 2.61. The van der Waals surface area contributed by atoms with Gasteiger partial charge >= 0.3 is 0 Å². The third kappa shape index (κ3) is 3.74. The van der Waals surface area contributed by atoms with Crippen LogP contribution in [-0.4, -0.2) is 37.0 Å². The van der Waals surface area contributed by atoms with E-state index in [0.717, 1.165) is 18.1 Å². The molecule has 0 saturated heterocycles. The molecule has 2 saturated carbocycles. The van der Waals surface area contributed by atoms with Crippen LogP contribution in [0.2, 0.25) is 19.6 Å². The van der Waals surface area contributed by atoms with Gasteiger partial charge in [-0.3, -0.25) is 0 Å². The highest BCUT2D eigenvalue weighted by Crippen LogP contribution is 2.66. The van der Waals surface area contributed by atoms with Crippen LogP contribution >= 0.6 is 0 Å².